The van der Waals surface area contributed by atoms with Gasteiger partial charge in [0.2, 0.25) is 0 Å². The van der Waals surface area contributed by atoms with E-state index in [4.69, 9.17) is 0 Å². The van der Waals surface area contributed by atoms with Crippen molar-refractivity contribution in [1.29, 1.82) is 0 Å². The molecule has 1 N–H and O–H groups in total. The molecule has 0 bridgehead atoms. The fraction of sp³-hybridized carbons (Fsp3) is 0.300. The highest BCUT2D eigenvalue weighted by Gasteiger charge is 1.99. The number of hydrogen-bond acceptors (Lipinski definition) is 2. The van der Waals surface area contributed by atoms with Crippen LogP contribution in [0, 0.1) is 5.92 Å². The van der Waals surface area contributed by atoms with Gasteiger partial charge in [-0.25, -0.2) is 0 Å². The molecule has 2 heteroatoms. The van der Waals surface area contributed by atoms with Crippen LogP contribution in [0.5, 0.6) is 0 Å². The highest BCUT2D eigenvalue weighted by atomic mass is 16.3. The summed E-state index contributed by atoms with van der Waals surface area (Å²) in [4.78, 5) is 4.06. The quantitative estimate of drug-likeness (QED) is 0.680. The lowest BCUT2D eigenvalue weighted by atomic mass is 10.1. The summed E-state index contributed by atoms with van der Waals surface area (Å²) in [6.07, 6.45) is 3.39. The van der Waals surface area contributed by atoms with E-state index in [0.29, 0.717) is 5.76 Å². The molecule has 0 radical (unpaired) electrons. The van der Waals surface area contributed by atoms with Gasteiger partial charge in [-0.05, 0) is 12.1 Å². The molecule has 0 amide bonds. The maximum absolute atomic E-state index is 9.40. The number of aliphatic hydroxyl groups is 1. The van der Waals surface area contributed by atoms with Crippen LogP contribution in [0.2, 0.25) is 0 Å². The van der Waals surface area contributed by atoms with E-state index in [0.717, 1.165) is 5.69 Å². The van der Waals surface area contributed by atoms with Gasteiger partial charge in [0.15, 0.2) is 0 Å². The van der Waals surface area contributed by atoms with Crippen molar-refractivity contribution >= 4 is 6.08 Å². The zero-order valence-corrected chi connectivity index (χ0v) is 7.36. The average molecular weight is 163 g/mol. The number of allylic oxidation sites excluding steroid dienone is 1. The first-order valence-electron chi connectivity index (χ1n) is 4.01. The van der Waals surface area contributed by atoms with Crippen LogP contribution < -0.4 is 0 Å². The van der Waals surface area contributed by atoms with Crippen molar-refractivity contribution in [2.75, 3.05) is 0 Å². The Kier molecular flexibility index (Phi) is 2.86. The molecule has 1 heterocycles. The Hall–Kier alpha value is -1.31. The Morgan fingerprint density at radius 1 is 1.50 bits per heavy atom. The van der Waals surface area contributed by atoms with Gasteiger partial charge < -0.3 is 5.11 Å². The van der Waals surface area contributed by atoms with E-state index in [2.05, 4.69) is 4.98 Å². The van der Waals surface area contributed by atoms with Gasteiger partial charge in [0.05, 0.1) is 11.5 Å². The molecule has 0 saturated carbocycles. The van der Waals surface area contributed by atoms with E-state index < -0.39 is 0 Å². The lowest BCUT2D eigenvalue weighted by Gasteiger charge is -2.01. The van der Waals surface area contributed by atoms with Crippen molar-refractivity contribution in [3.8, 4) is 0 Å². The van der Waals surface area contributed by atoms with Crippen molar-refractivity contribution in [1.82, 2.24) is 4.98 Å². The molecule has 0 spiro atoms. The number of hydrogen-bond donors (Lipinski definition) is 1. The van der Waals surface area contributed by atoms with Crippen LogP contribution >= 0.6 is 0 Å². The Morgan fingerprint density at radius 3 is 2.75 bits per heavy atom. The summed E-state index contributed by atoms with van der Waals surface area (Å²) < 4.78 is 0. The minimum atomic E-state index is 0.159. The predicted octanol–water partition coefficient (Wildman–Crippen LogP) is 2.64. The number of aromatic nitrogens is 1. The summed E-state index contributed by atoms with van der Waals surface area (Å²) in [7, 11) is 0. The molecule has 64 valence electrons. The number of aliphatic hydroxyl groups excluding tert-OH is 1. The Morgan fingerprint density at radius 2 is 2.25 bits per heavy atom. The molecule has 0 aromatic carbocycles. The standard InChI is InChI=1S/C10H13NO/c1-8(2)10(12)7-9-5-3-4-6-11-9/h3-8,12H,1-2H3/b10-7-. The van der Waals surface area contributed by atoms with Crippen molar-refractivity contribution in [3.05, 3.63) is 35.8 Å². The minimum Gasteiger partial charge on any atom is -0.512 e. The first kappa shape index (κ1) is 8.78. The molecular weight excluding hydrogens is 150 g/mol. The maximum Gasteiger partial charge on any atom is 0.0969 e. The normalized spacial score (nSPS) is 12.1. The lowest BCUT2D eigenvalue weighted by molar-refractivity contribution is 0.357. The molecule has 1 aromatic heterocycles. The molecule has 12 heavy (non-hydrogen) atoms. The summed E-state index contributed by atoms with van der Waals surface area (Å²) in [5.41, 5.74) is 0.795. The smallest absolute Gasteiger partial charge is 0.0969 e. The SMILES string of the molecule is CC(C)/C(O)=C/c1ccccn1. The van der Waals surface area contributed by atoms with Gasteiger partial charge >= 0.3 is 0 Å². The highest BCUT2D eigenvalue weighted by molar-refractivity contribution is 5.46. The van der Waals surface area contributed by atoms with Gasteiger partial charge in [-0.1, -0.05) is 19.9 Å². The average Bonchev–Trinajstić information content (AvgIpc) is 2.06. The third-order valence-electron chi connectivity index (χ3n) is 1.58. The number of nitrogens with zero attached hydrogens (tertiary/aromatic N) is 1. The van der Waals surface area contributed by atoms with Crippen molar-refractivity contribution < 1.29 is 5.11 Å². The molecule has 0 saturated heterocycles. The Balaban J connectivity index is 2.81. The first-order chi connectivity index (χ1) is 5.70. The van der Waals surface area contributed by atoms with Crippen molar-refractivity contribution in [2.24, 2.45) is 5.92 Å². The summed E-state index contributed by atoms with van der Waals surface area (Å²) in [5.74, 6) is 0.528. The van der Waals surface area contributed by atoms with Gasteiger partial charge in [-0.15, -0.1) is 0 Å². The summed E-state index contributed by atoms with van der Waals surface area (Å²) in [6.45, 7) is 3.88. The van der Waals surface area contributed by atoms with Gasteiger partial charge in [0.1, 0.15) is 0 Å². The number of pyridine rings is 1. The predicted molar refractivity (Wildman–Crippen MR) is 49.7 cm³/mol. The first-order valence-corrected chi connectivity index (χ1v) is 4.01. The van der Waals surface area contributed by atoms with Crippen molar-refractivity contribution in [2.45, 2.75) is 13.8 Å². The molecule has 0 aliphatic heterocycles. The zero-order valence-electron chi connectivity index (χ0n) is 7.36. The van der Waals surface area contributed by atoms with Crippen LogP contribution in [0.3, 0.4) is 0 Å². The second-order valence-corrected chi connectivity index (χ2v) is 2.98. The van der Waals surface area contributed by atoms with Crippen molar-refractivity contribution in [3.63, 3.8) is 0 Å². The van der Waals surface area contributed by atoms with Crippen LogP contribution in [-0.4, -0.2) is 10.1 Å². The summed E-state index contributed by atoms with van der Waals surface area (Å²) >= 11 is 0. The van der Waals surface area contributed by atoms with Gasteiger partial charge in [0, 0.05) is 18.2 Å². The van der Waals surface area contributed by atoms with E-state index in [9.17, 15) is 5.11 Å². The van der Waals surface area contributed by atoms with E-state index >= 15 is 0 Å². The van der Waals surface area contributed by atoms with Gasteiger partial charge in [-0.2, -0.15) is 0 Å². The second kappa shape index (κ2) is 3.90. The monoisotopic (exact) mass is 163 g/mol. The van der Waals surface area contributed by atoms with E-state index in [1.165, 1.54) is 0 Å². The second-order valence-electron chi connectivity index (χ2n) is 2.98. The summed E-state index contributed by atoms with van der Waals surface area (Å²) in [6, 6.07) is 5.61. The van der Waals surface area contributed by atoms with Crippen LogP contribution in [0.4, 0.5) is 0 Å². The largest absolute Gasteiger partial charge is 0.512 e. The van der Waals surface area contributed by atoms with Gasteiger partial charge in [0.25, 0.3) is 0 Å². The van der Waals surface area contributed by atoms with E-state index in [-0.39, 0.29) is 5.92 Å². The van der Waals surface area contributed by atoms with E-state index in [1.54, 1.807) is 12.3 Å². The van der Waals surface area contributed by atoms with Crippen LogP contribution in [0.25, 0.3) is 6.08 Å². The topological polar surface area (TPSA) is 33.1 Å². The fourth-order valence-electron chi connectivity index (χ4n) is 0.780. The van der Waals surface area contributed by atoms with Crippen LogP contribution in [0.15, 0.2) is 30.2 Å². The van der Waals surface area contributed by atoms with E-state index in [1.807, 2.05) is 32.0 Å². The molecular formula is C10H13NO. The Labute approximate surface area is 72.6 Å². The molecule has 0 aliphatic carbocycles. The molecule has 0 atom stereocenters. The molecule has 1 rings (SSSR count). The minimum absolute atomic E-state index is 0.159. The third kappa shape index (κ3) is 2.38. The van der Waals surface area contributed by atoms with Crippen LogP contribution in [0.1, 0.15) is 19.5 Å². The molecule has 1 aromatic rings. The molecule has 0 fully saturated rings. The molecule has 0 aliphatic rings. The Bertz CT molecular complexity index is 264. The number of rotatable bonds is 2. The maximum atomic E-state index is 9.40. The van der Waals surface area contributed by atoms with Crippen LogP contribution in [-0.2, 0) is 0 Å². The molecule has 2 nitrogen and oxygen atoms in total. The molecule has 0 unspecified atom stereocenters. The fourth-order valence-corrected chi connectivity index (χ4v) is 0.780. The zero-order chi connectivity index (χ0) is 8.97. The third-order valence-corrected chi connectivity index (χ3v) is 1.58. The summed E-state index contributed by atoms with van der Waals surface area (Å²) in [5, 5.41) is 9.40. The lowest BCUT2D eigenvalue weighted by Crippen LogP contribution is -1.92. The highest BCUT2D eigenvalue weighted by Crippen LogP contribution is 2.09. The van der Waals surface area contributed by atoms with Gasteiger partial charge in [-0.3, -0.25) is 4.98 Å².